The molecule has 7 heteroatoms. The maximum absolute atomic E-state index is 13.1. The van der Waals surface area contributed by atoms with E-state index in [9.17, 15) is 12.8 Å². The highest BCUT2D eigenvalue weighted by molar-refractivity contribution is 7.86. The minimum absolute atomic E-state index is 0.242. The zero-order chi connectivity index (χ0) is 18.1. The van der Waals surface area contributed by atoms with Crippen LogP contribution in [0.3, 0.4) is 0 Å². The second-order valence-corrected chi connectivity index (χ2v) is 8.56. The molecule has 0 N–H and O–H groups in total. The lowest BCUT2D eigenvalue weighted by atomic mass is 10.0. The number of fused-ring (bicyclic) bond motifs is 1. The predicted molar refractivity (Wildman–Crippen MR) is 96.1 cm³/mol. The van der Waals surface area contributed by atoms with Gasteiger partial charge in [-0.15, -0.1) is 0 Å². The van der Waals surface area contributed by atoms with Crippen LogP contribution >= 0.6 is 0 Å². The topological polar surface area (TPSA) is 49.9 Å². The fraction of sp³-hybridized carbons (Fsp3) is 0.368. The minimum atomic E-state index is -3.56. The van der Waals surface area contributed by atoms with E-state index in [1.165, 1.54) is 22.0 Å². The van der Waals surface area contributed by atoms with Gasteiger partial charge in [-0.1, -0.05) is 36.4 Å². The van der Waals surface area contributed by atoms with Crippen molar-refractivity contribution in [1.82, 2.24) is 8.61 Å². The molecule has 2 aromatic rings. The van der Waals surface area contributed by atoms with Gasteiger partial charge in [-0.2, -0.15) is 17.0 Å². The predicted octanol–water partition coefficient (Wildman–Crippen LogP) is 2.50. The molecule has 0 unspecified atom stereocenters. The van der Waals surface area contributed by atoms with Gasteiger partial charge in [0.1, 0.15) is 5.82 Å². The summed E-state index contributed by atoms with van der Waals surface area (Å²) in [6, 6.07) is 14.0. The smallest absolute Gasteiger partial charge is 0.282 e. The molecule has 0 bridgehead atoms. The van der Waals surface area contributed by atoms with E-state index in [2.05, 4.69) is 6.07 Å². The molecule has 1 saturated heterocycles. The van der Waals surface area contributed by atoms with Crippen LogP contribution in [0.25, 0.3) is 0 Å². The van der Waals surface area contributed by atoms with Crippen LogP contribution in [0.2, 0.25) is 0 Å². The molecule has 26 heavy (non-hydrogen) atoms. The van der Waals surface area contributed by atoms with E-state index >= 15 is 0 Å². The van der Waals surface area contributed by atoms with Crippen molar-refractivity contribution in [1.29, 1.82) is 0 Å². The molecule has 138 valence electrons. The van der Waals surface area contributed by atoms with Gasteiger partial charge in [-0.3, -0.25) is 0 Å². The van der Waals surface area contributed by atoms with Crippen molar-refractivity contribution in [2.75, 3.05) is 26.2 Å². The third-order valence-electron chi connectivity index (χ3n) is 5.02. The maximum atomic E-state index is 13.1. The third kappa shape index (κ3) is 3.40. The molecule has 0 spiro atoms. The molecule has 0 aliphatic carbocycles. The molecular formula is C19H21FN2O3S. The van der Waals surface area contributed by atoms with Crippen LogP contribution in [-0.4, -0.2) is 43.3 Å². The molecule has 0 amide bonds. The second-order valence-electron chi connectivity index (χ2n) is 6.63. The van der Waals surface area contributed by atoms with E-state index in [4.69, 9.17) is 4.74 Å². The summed E-state index contributed by atoms with van der Waals surface area (Å²) in [6.07, 6.45) is 0.345. The first-order valence-electron chi connectivity index (χ1n) is 8.73. The molecule has 0 radical (unpaired) electrons. The quantitative estimate of drug-likeness (QED) is 0.827. The lowest BCUT2D eigenvalue weighted by Gasteiger charge is -2.37. The van der Waals surface area contributed by atoms with Crippen LogP contribution in [0, 0.1) is 5.82 Å². The number of hydrogen-bond acceptors (Lipinski definition) is 3. The van der Waals surface area contributed by atoms with Gasteiger partial charge in [0, 0.05) is 26.2 Å². The molecule has 4 rings (SSSR count). The maximum Gasteiger partial charge on any atom is 0.282 e. The first-order valence-corrected chi connectivity index (χ1v) is 10.1. The van der Waals surface area contributed by atoms with E-state index in [0.29, 0.717) is 26.2 Å². The van der Waals surface area contributed by atoms with Crippen LogP contribution in [0.15, 0.2) is 48.5 Å². The summed E-state index contributed by atoms with van der Waals surface area (Å²) < 4.78 is 48.1. The third-order valence-corrected chi connectivity index (χ3v) is 6.97. The zero-order valence-electron chi connectivity index (χ0n) is 14.3. The summed E-state index contributed by atoms with van der Waals surface area (Å²) in [7, 11) is -3.56. The molecule has 0 aromatic heterocycles. The van der Waals surface area contributed by atoms with Crippen molar-refractivity contribution in [2.24, 2.45) is 0 Å². The first kappa shape index (κ1) is 17.6. The summed E-state index contributed by atoms with van der Waals surface area (Å²) in [5, 5.41) is 0. The number of ether oxygens (including phenoxy) is 1. The van der Waals surface area contributed by atoms with Crippen molar-refractivity contribution >= 4 is 10.2 Å². The summed E-state index contributed by atoms with van der Waals surface area (Å²) in [5.41, 5.74) is 3.06. The van der Waals surface area contributed by atoms with Crippen molar-refractivity contribution < 1.29 is 17.5 Å². The standard InChI is InChI=1S/C19H21FN2O3S/c20-18-7-5-16(6-8-18)19-14-22(11-12-25-19)26(23,24)21-10-9-15-3-1-2-4-17(15)13-21/h1-8,19H,9-14H2/t19-/m1/s1. The average molecular weight is 376 g/mol. The van der Waals surface area contributed by atoms with E-state index in [1.54, 1.807) is 16.4 Å². The lowest BCUT2D eigenvalue weighted by Crippen LogP contribution is -2.50. The molecule has 1 atom stereocenters. The first-order chi connectivity index (χ1) is 12.5. The van der Waals surface area contributed by atoms with Gasteiger partial charge in [0.05, 0.1) is 12.7 Å². The van der Waals surface area contributed by atoms with Gasteiger partial charge >= 0.3 is 0 Å². The Morgan fingerprint density at radius 1 is 0.962 bits per heavy atom. The Kier molecular flexibility index (Phi) is 4.79. The van der Waals surface area contributed by atoms with Crippen LogP contribution in [0.4, 0.5) is 4.39 Å². The van der Waals surface area contributed by atoms with Gasteiger partial charge in [-0.25, -0.2) is 4.39 Å². The van der Waals surface area contributed by atoms with Crippen molar-refractivity contribution in [3.63, 3.8) is 0 Å². The van der Waals surface area contributed by atoms with Gasteiger partial charge in [0.15, 0.2) is 0 Å². The van der Waals surface area contributed by atoms with Crippen molar-refractivity contribution in [3.05, 3.63) is 71.0 Å². The largest absolute Gasteiger partial charge is 0.371 e. The summed E-state index contributed by atoms with van der Waals surface area (Å²) >= 11 is 0. The normalized spacial score (nSPS) is 22.1. The number of benzene rings is 2. The molecule has 2 aromatic carbocycles. The highest BCUT2D eigenvalue weighted by Gasteiger charge is 2.36. The molecular weight excluding hydrogens is 355 g/mol. The van der Waals surface area contributed by atoms with Crippen LogP contribution < -0.4 is 0 Å². The Balaban J connectivity index is 1.51. The van der Waals surface area contributed by atoms with E-state index in [0.717, 1.165) is 17.5 Å². The van der Waals surface area contributed by atoms with Crippen molar-refractivity contribution in [3.8, 4) is 0 Å². The fourth-order valence-corrected chi connectivity index (χ4v) is 5.12. The molecule has 2 aliphatic heterocycles. The number of rotatable bonds is 3. The van der Waals surface area contributed by atoms with Crippen LogP contribution in [0.5, 0.6) is 0 Å². The second kappa shape index (κ2) is 7.08. The van der Waals surface area contributed by atoms with E-state index < -0.39 is 10.2 Å². The van der Waals surface area contributed by atoms with Gasteiger partial charge in [0.2, 0.25) is 0 Å². The Hall–Kier alpha value is -1.80. The summed E-state index contributed by atoms with van der Waals surface area (Å²) in [6.45, 7) is 1.78. The molecule has 5 nitrogen and oxygen atoms in total. The molecule has 0 saturated carbocycles. The number of morpholine rings is 1. The van der Waals surface area contributed by atoms with Gasteiger partial charge in [-0.05, 0) is 35.2 Å². The summed E-state index contributed by atoms with van der Waals surface area (Å²) in [5.74, 6) is -0.319. The van der Waals surface area contributed by atoms with E-state index in [1.807, 2.05) is 18.2 Å². The highest BCUT2D eigenvalue weighted by Crippen LogP contribution is 2.27. The lowest BCUT2D eigenvalue weighted by molar-refractivity contribution is -0.00449. The average Bonchev–Trinajstić information content (AvgIpc) is 2.68. The van der Waals surface area contributed by atoms with E-state index in [-0.39, 0.29) is 18.5 Å². The zero-order valence-corrected chi connectivity index (χ0v) is 15.2. The number of hydrogen-bond donors (Lipinski definition) is 0. The Labute approximate surface area is 153 Å². The van der Waals surface area contributed by atoms with Crippen LogP contribution in [-0.2, 0) is 27.9 Å². The number of halogens is 1. The van der Waals surface area contributed by atoms with Gasteiger partial charge < -0.3 is 4.74 Å². The SMILES string of the molecule is O=S(=O)(N1CCc2ccccc2C1)N1CCO[C@@H](c2ccc(F)cc2)C1. The highest BCUT2D eigenvalue weighted by atomic mass is 32.2. The molecule has 2 aliphatic rings. The molecule has 2 heterocycles. The summed E-state index contributed by atoms with van der Waals surface area (Å²) in [4.78, 5) is 0. The van der Waals surface area contributed by atoms with Gasteiger partial charge in [0.25, 0.3) is 10.2 Å². The minimum Gasteiger partial charge on any atom is -0.371 e. The Morgan fingerprint density at radius 3 is 2.46 bits per heavy atom. The molecule has 1 fully saturated rings. The Bertz CT molecular complexity index is 886. The Morgan fingerprint density at radius 2 is 1.69 bits per heavy atom. The monoisotopic (exact) mass is 376 g/mol. The van der Waals surface area contributed by atoms with Crippen LogP contribution in [0.1, 0.15) is 22.8 Å². The van der Waals surface area contributed by atoms with Crippen molar-refractivity contribution in [2.45, 2.75) is 19.1 Å². The fourth-order valence-electron chi connectivity index (χ4n) is 3.54. The number of nitrogens with zero attached hydrogens (tertiary/aromatic N) is 2.